The van der Waals surface area contributed by atoms with Gasteiger partial charge in [-0.3, -0.25) is 9.59 Å². The molecule has 0 spiro atoms. The van der Waals surface area contributed by atoms with E-state index in [9.17, 15) is 19.5 Å². The second-order valence-corrected chi connectivity index (χ2v) is 13.1. The van der Waals surface area contributed by atoms with E-state index in [1.807, 2.05) is 98.8 Å². The molecule has 2 heterocycles. The topological polar surface area (TPSA) is 121 Å². The van der Waals surface area contributed by atoms with Crippen molar-refractivity contribution in [2.24, 2.45) is 5.92 Å². The summed E-state index contributed by atoms with van der Waals surface area (Å²) in [4.78, 5) is 46.3. The van der Waals surface area contributed by atoms with Gasteiger partial charge in [0.2, 0.25) is 11.8 Å². The van der Waals surface area contributed by atoms with Crippen molar-refractivity contribution in [2.45, 2.75) is 51.1 Å². The lowest BCUT2D eigenvalue weighted by atomic mass is 10.0. The molecule has 230 valence electrons. The monoisotopic (exact) mass is 632 g/mol. The number of aromatic nitrogens is 1. The highest BCUT2D eigenvalue weighted by Crippen LogP contribution is 2.30. The minimum atomic E-state index is -1.06. The lowest BCUT2D eigenvalue weighted by molar-refractivity contribution is -0.140. The van der Waals surface area contributed by atoms with Crippen LogP contribution >= 0.6 is 23.1 Å². The first-order valence-corrected chi connectivity index (χ1v) is 16.5. The molecule has 1 fully saturated rings. The zero-order valence-electron chi connectivity index (χ0n) is 24.6. The van der Waals surface area contributed by atoms with E-state index in [-0.39, 0.29) is 24.3 Å². The van der Waals surface area contributed by atoms with E-state index in [0.717, 1.165) is 21.3 Å². The third-order valence-corrected chi connectivity index (χ3v) is 9.58. The van der Waals surface area contributed by atoms with Crippen LogP contribution in [0.15, 0.2) is 84.9 Å². The van der Waals surface area contributed by atoms with E-state index in [1.54, 1.807) is 0 Å². The molecule has 1 saturated heterocycles. The zero-order chi connectivity index (χ0) is 31.1. The van der Waals surface area contributed by atoms with Gasteiger partial charge in [-0.05, 0) is 35.6 Å². The molecule has 0 radical (unpaired) electrons. The third-order valence-electron chi connectivity index (χ3n) is 7.46. The Kier molecular flexibility index (Phi) is 10.5. The van der Waals surface area contributed by atoms with Crippen LogP contribution in [0.2, 0.25) is 0 Å². The van der Waals surface area contributed by atoms with E-state index in [1.165, 1.54) is 28.0 Å². The number of nitrogens with zero attached hydrogens (tertiary/aromatic N) is 2. The quantitative estimate of drug-likeness (QED) is 0.215. The van der Waals surface area contributed by atoms with Crippen LogP contribution in [0, 0.1) is 5.92 Å². The van der Waals surface area contributed by atoms with Crippen molar-refractivity contribution >= 4 is 51.2 Å². The fourth-order valence-corrected chi connectivity index (χ4v) is 7.22. The third kappa shape index (κ3) is 7.77. The van der Waals surface area contributed by atoms with Crippen LogP contribution < -0.4 is 10.6 Å². The predicted molar refractivity (Wildman–Crippen MR) is 173 cm³/mol. The van der Waals surface area contributed by atoms with Gasteiger partial charge in [-0.1, -0.05) is 86.6 Å². The number of alkyl carbamates (subject to hydrolysis) is 1. The van der Waals surface area contributed by atoms with Gasteiger partial charge in [0.1, 0.15) is 29.8 Å². The molecule has 44 heavy (non-hydrogen) atoms. The Hall–Kier alpha value is -3.93. The van der Waals surface area contributed by atoms with Crippen LogP contribution in [-0.4, -0.2) is 62.7 Å². The standard InChI is InChI=1S/C33H36N4O5S2/c1-21(2)28(36-33(41)42-18-23-13-7-4-8-14-23)32(40)37-20-43-19-26(37)30(39)34-25(17-22-11-5-3-6-12-22)29(38)31-35-24-15-9-10-16-27(24)44-31/h3-16,21,25-26,28-29,38H,17-20H2,1-2H3,(H,34,39)(H,36,41)/t25-,26-,28-,29?/m0/s1. The predicted octanol–water partition coefficient (Wildman–Crippen LogP) is 4.91. The van der Waals surface area contributed by atoms with E-state index < -0.39 is 30.3 Å². The molecule has 3 N–H and O–H groups in total. The maximum atomic E-state index is 13.8. The molecule has 1 unspecified atom stereocenters. The average molecular weight is 633 g/mol. The number of carbonyl (C=O) groups excluding carboxylic acids is 3. The fraction of sp³-hybridized carbons (Fsp3) is 0.333. The van der Waals surface area contributed by atoms with E-state index in [4.69, 9.17) is 4.74 Å². The Labute approximate surface area is 265 Å². The van der Waals surface area contributed by atoms with Gasteiger partial charge in [0.05, 0.1) is 22.1 Å². The fourth-order valence-electron chi connectivity index (χ4n) is 5.04. The smallest absolute Gasteiger partial charge is 0.408 e. The number of amides is 3. The molecule has 9 nitrogen and oxygen atoms in total. The summed E-state index contributed by atoms with van der Waals surface area (Å²) in [6, 6.07) is 24.3. The molecule has 1 aromatic heterocycles. The van der Waals surface area contributed by atoms with Gasteiger partial charge >= 0.3 is 6.09 Å². The molecule has 0 saturated carbocycles. The van der Waals surface area contributed by atoms with Gasteiger partial charge in [0.25, 0.3) is 0 Å². The Morgan fingerprint density at radius 3 is 2.30 bits per heavy atom. The van der Waals surface area contributed by atoms with E-state index in [0.29, 0.717) is 23.1 Å². The SMILES string of the molecule is CC(C)[C@H](NC(=O)OCc1ccccc1)C(=O)N1CSC[C@H]1C(=O)N[C@@H](Cc1ccccc1)C(O)c1nc2ccccc2s1. The minimum Gasteiger partial charge on any atom is -0.445 e. The number of thiazole rings is 1. The Bertz CT molecular complexity index is 1530. The maximum absolute atomic E-state index is 13.8. The number of hydrogen-bond acceptors (Lipinski definition) is 8. The van der Waals surface area contributed by atoms with Crippen LogP contribution in [0.3, 0.4) is 0 Å². The first-order chi connectivity index (χ1) is 21.3. The molecular weight excluding hydrogens is 597 g/mol. The van der Waals surface area contributed by atoms with E-state index in [2.05, 4.69) is 15.6 Å². The van der Waals surface area contributed by atoms with Crippen molar-refractivity contribution in [3.8, 4) is 0 Å². The number of nitrogens with one attached hydrogen (secondary N) is 2. The number of hydrogen-bond donors (Lipinski definition) is 3. The Balaban J connectivity index is 1.29. The highest BCUT2D eigenvalue weighted by atomic mass is 32.2. The highest BCUT2D eigenvalue weighted by molar-refractivity contribution is 7.99. The summed E-state index contributed by atoms with van der Waals surface area (Å²) in [5.41, 5.74) is 2.57. The first kappa shape index (κ1) is 31.5. The lowest BCUT2D eigenvalue weighted by Crippen LogP contribution is -2.57. The Morgan fingerprint density at radius 1 is 0.955 bits per heavy atom. The number of fused-ring (bicyclic) bond motifs is 1. The summed E-state index contributed by atoms with van der Waals surface area (Å²) < 4.78 is 6.31. The van der Waals surface area contributed by atoms with Crippen LogP contribution in [0.1, 0.15) is 36.1 Å². The van der Waals surface area contributed by atoms with Crippen LogP contribution in [0.25, 0.3) is 10.2 Å². The Morgan fingerprint density at radius 2 is 1.61 bits per heavy atom. The maximum Gasteiger partial charge on any atom is 0.408 e. The zero-order valence-corrected chi connectivity index (χ0v) is 26.2. The van der Waals surface area contributed by atoms with Crippen molar-refractivity contribution in [3.05, 3.63) is 101 Å². The summed E-state index contributed by atoms with van der Waals surface area (Å²) in [6.45, 7) is 3.75. The number of para-hydroxylation sites is 1. The normalized spacial score (nSPS) is 16.8. The molecule has 4 atom stereocenters. The van der Waals surface area contributed by atoms with Gasteiger partial charge in [-0.2, -0.15) is 0 Å². The summed E-state index contributed by atoms with van der Waals surface area (Å²) in [5, 5.41) is 17.8. The molecule has 5 rings (SSSR count). The van der Waals surface area contributed by atoms with Crippen molar-refractivity contribution in [2.75, 3.05) is 11.6 Å². The number of rotatable bonds is 11. The van der Waals surface area contributed by atoms with Gasteiger partial charge in [-0.25, -0.2) is 9.78 Å². The largest absolute Gasteiger partial charge is 0.445 e. The number of ether oxygens (including phenoxy) is 1. The molecule has 0 aliphatic carbocycles. The summed E-state index contributed by atoms with van der Waals surface area (Å²) in [6.07, 6.45) is -1.38. The molecular formula is C33H36N4O5S2. The van der Waals surface area contributed by atoms with Crippen LogP contribution in [-0.2, 0) is 27.4 Å². The molecule has 0 bridgehead atoms. The number of thioether (sulfide) groups is 1. The van der Waals surface area contributed by atoms with Crippen LogP contribution in [0.5, 0.6) is 0 Å². The number of aliphatic hydroxyl groups is 1. The summed E-state index contributed by atoms with van der Waals surface area (Å²) in [5.74, 6) is -0.250. The number of benzene rings is 3. The van der Waals surface area contributed by atoms with Gasteiger partial charge < -0.3 is 25.4 Å². The molecule has 1 aliphatic rings. The minimum absolute atomic E-state index is 0.0794. The first-order valence-electron chi connectivity index (χ1n) is 14.5. The van der Waals surface area contributed by atoms with E-state index >= 15 is 0 Å². The van der Waals surface area contributed by atoms with Gasteiger partial charge in [0, 0.05) is 5.75 Å². The summed E-state index contributed by atoms with van der Waals surface area (Å²) >= 11 is 2.86. The second kappa shape index (κ2) is 14.7. The van der Waals surface area contributed by atoms with Crippen molar-refractivity contribution in [1.29, 1.82) is 0 Å². The second-order valence-electron chi connectivity index (χ2n) is 11.0. The highest BCUT2D eigenvalue weighted by Gasteiger charge is 2.40. The van der Waals surface area contributed by atoms with Gasteiger partial charge in [0.15, 0.2) is 0 Å². The number of carbonyl (C=O) groups is 3. The molecule has 3 aromatic carbocycles. The number of aliphatic hydroxyl groups excluding tert-OH is 1. The molecule has 4 aromatic rings. The van der Waals surface area contributed by atoms with Crippen molar-refractivity contribution < 1.29 is 24.2 Å². The summed E-state index contributed by atoms with van der Waals surface area (Å²) in [7, 11) is 0. The van der Waals surface area contributed by atoms with Gasteiger partial charge in [-0.15, -0.1) is 23.1 Å². The van der Waals surface area contributed by atoms with Crippen molar-refractivity contribution in [3.63, 3.8) is 0 Å². The molecule has 1 aliphatic heterocycles. The average Bonchev–Trinajstić information content (AvgIpc) is 3.71. The molecule has 11 heteroatoms. The van der Waals surface area contributed by atoms with Crippen molar-refractivity contribution in [1.82, 2.24) is 20.5 Å². The van der Waals surface area contributed by atoms with Crippen LogP contribution in [0.4, 0.5) is 4.79 Å². The lowest BCUT2D eigenvalue weighted by Gasteiger charge is -2.31. The molecule has 3 amide bonds.